The summed E-state index contributed by atoms with van der Waals surface area (Å²) in [5.74, 6) is 0. The van der Waals surface area contributed by atoms with E-state index >= 15 is 0 Å². The summed E-state index contributed by atoms with van der Waals surface area (Å²) in [6, 6.07) is 60.7. The Kier molecular flexibility index (Phi) is 7.18. The minimum absolute atomic E-state index is 0.593. The van der Waals surface area contributed by atoms with Crippen LogP contribution < -0.4 is 0 Å². The molecule has 10 aromatic rings. The fraction of sp³-hybridized carbons (Fsp3) is 0.0364. The van der Waals surface area contributed by atoms with E-state index in [4.69, 9.17) is 0 Å². The lowest BCUT2D eigenvalue weighted by Gasteiger charge is -2.19. The van der Waals surface area contributed by atoms with Gasteiger partial charge in [0.25, 0.3) is 0 Å². The molecule has 10 aromatic carbocycles. The molecule has 0 aliphatic heterocycles. The minimum atomic E-state index is 0.593. The Labute approximate surface area is 335 Å². The fourth-order valence-corrected chi connectivity index (χ4v) is 9.59. The van der Waals surface area contributed by atoms with Crippen molar-refractivity contribution in [2.24, 2.45) is 0 Å². The van der Waals surface area contributed by atoms with Crippen LogP contribution in [0.4, 0.5) is 0 Å². The van der Waals surface area contributed by atoms with Crippen LogP contribution in [0.3, 0.4) is 0 Å². The lowest BCUT2D eigenvalue weighted by Crippen LogP contribution is -1.93. The first kappa shape index (κ1) is 33.3. The Bertz CT molecular complexity index is 3620. The van der Waals surface area contributed by atoms with Gasteiger partial charge in [-0.15, -0.1) is 0 Å². The third kappa shape index (κ3) is 4.83. The van der Waals surface area contributed by atoms with Crippen LogP contribution in [-0.4, -0.2) is 0 Å². The standard InChI is InChI=1S/C55H31N3/c1-31-20-33(28-56)10-15-39(31)47-25-53-49(42-17-12-35(30-58)22-46(42)47)24-48(40-16-11-34(29-57)21-32(40)2)52-26-50-44-9-5-8-43-41(18-19-45(55(43)44)51(50)27-54(52)53)38-14-13-36-6-3-4-7-37(36)23-38/h3-27H,1-2H3. The second-order valence-electron chi connectivity index (χ2n) is 15.5. The molecule has 266 valence electrons. The molecule has 0 N–H and O–H groups in total. The molecule has 3 heteroatoms. The molecule has 11 rings (SSSR count). The van der Waals surface area contributed by atoms with Gasteiger partial charge < -0.3 is 0 Å². The van der Waals surface area contributed by atoms with E-state index in [1.807, 2.05) is 49.4 Å². The highest BCUT2D eigenvalue weighted by Gasteiger charge is 2.26. The maximum atomic E-state index is 10.0. The van der Waals surface area contributed by atoms with E-state index in [0.717, 1.165) is 65.7 Å². The molecule has 58 heavy (non-hydrogen) atoms. The van der Waals surface area contributed by atoms with E-state index in [1.165, 1.54) is 54.9 Å². The predicted octanol–water partition coefficient (Wildman–Crippen LogP) is 14.3. The summed E-state index contributed by atoms with van der Waals surface area (Å²) in [6.45, 7) is 4.13. The number of aryl methyl sites for hydroxylation is 2. The zero-order valence-electron chi connectivity index (χ0n) is 31.8. The molecule has 3 nitrogen and oxygen atoms in total. The number of nitrogens with zero attached hydrogens (tertiary/aromatic N) is 3. The topological polar surface area (TPSA) is 71.4 Å². The second kappa shape index (κ2) is 12.5. The molecular weight excluding hydrogens is 703 g/mol. The van der Waals surface area contributed by atoms with E-state index in [0.29, 0.717) is 16.7 Å². The van der Waals surface area contributed by atoms with E-state index in [2.05, 4.69) is 134 Å². The molecule has 0 saturated carbocycles. The lowest BCUT2D eigenvalue weighted by molar-refractivity contribution is 1.42. The van der Waals surface area contributed by atoms with Gasteiger partial charge in [0, 0.05) is 0 Å². The average molecular weight is 734 g/mol. The van der Waals surface area contributed by atoms with Crippen molar-refractivity contribution in [2.45, 2.75) is 13.8 Å². The van der Waals surface area contributed by atoms with Crippen molar-refractivity contribution in [1.29, 1.82) is 15.8 Å². The van der Waals surface area contributed by atoms with Crippen LogP contribution in [-0.2, 0) is 0 Å². The average Bonchev–Trinajstić information content (AvgIpc) is 3.58. The Balaban J connectivity index is 1.25. The number of nitriles is 3. The second-order valence-corrected chi connectivity index (χ2v) is 15.5. The Morgan fingerprint density at radius 1 is 0.310 bits per heavy atom. The van der Waals surface area contributed by atoms with Crippen LogP contribution in [0.5, 0.6) is 0 Å². The number of fused-ring (bicyclic) bond motifs is 9. The summed E-state index contributed by atoms with van der Waals surface area (Å²) in [5, 5.41) is 41.0. The molecule has 1 aliphatic carbocycles. The summed E-state index contributed by atoms with van der Waals surface area (Å²) >= 11 is 0. The minimum Gasteiger partial charge on any atom is -0.192 e. The van der Waals surface area contributed by atoms with Crippen LogP contribution >= 0.6 is 0 Å². The van der Waals surface area contributed by atoms with Crippen molar-refractivity contribution in [3.8, 4) is 73.8 Å². The van der Waals surface area contributed by atoms with Crippen molar-refractivity contribution in [3.63, 3.8) is 0 Å². The summed E-state index contributed by atoms with van der Waals surface area (Å²) in [4.78, 5) is 0. The molecule has 1 aliphatic rings. The van der Waals surface area contributed by atoms with E-state index in [-0.39, 0.29) is 0 Å². The van der Waals surface area contributed by atoms with Crippen LogP contribution in [0.1, 0.15) is 27.8 Å². The molecule has 0 amide bonds. The monoisotopic (exact) mass is 733 g/mol. The number of hydrogen-bond donors (Lipinski definition) is 0. The van der Waals surface area contributed by atoms with Gasteiger partial charge in [-0.2, -0.15) is 15.8 Å². The highest BCUT2D eigenvalue weighted by Crippen LogP contribution is 2.53. The van der Waals surface area contributed by atoms with Crippen molar-refractivity contribution in [3.05, 3.63) is 179 Å². The first-order valence-corrected chi connectivity index (χ1v) is 19.4. The van der Waals surface area contributed by atoms with Crippen LogP contribution in [0, 0.1) is 47.8 Å². The van der Waals surface area contributed by atoms with Gasteiger partial charge in [-0.3, -0.25) is 0 Å². The highest BCUT2D eigenvalue weighted by molar-refractivity contribution is 6.27. The van der Waals surface area contributed by atoms with E-state index < -0.39 is 0 Å². The SMILES string of the molecule is Cc1cc(C#N)ccc1-c1cc2c3cc4c(cc3c(-c3ccc(C#N)cc3C)cc2c2ccc(C#N)cc12)-c1cccc2c(-c3ccc5ccccc5c3)ccc-4c12. The normalized spacial score (nSPS) is 11.6. The van der Waals surface area contributed by atoms with Gasteiger partial charge in [0.15, 0.2) is 0 Å². The van der Waals surface area contributed by atoms with Gasteiger partial charge in [0.1, 0.15) is 0 Å². The van der Waals surface area contributed by atoms with Gasteiger partial charge in [-0.25, -0.2) is 0 Å². The van der Waals surface area contributed by atoms with Gasteiger partial charge in [-0.05, 0) is 201 Å². The molecular formula is C55H31N3. The number of benzene rings is 10. The number of hydrogen-bond acceptors (Lipinski definition) is 3. The number of rotatable bonds is 3. The quantitative estimate of drug-likeness (QED) is 0.170. The summed E-state index contributed by atoms with van der Waals surface area (Å²) < 4.78 is 0. The summed E-state index contributed by atoms with van der Waals surface area (Å²) in [5.41, 5.74) is 15.4. The zero-order valence-corrected chi connectivity index (χ0v) is 31.8. The van der Waals surface area contributed by atoms with Gasteiger partial charge in [-0.1, -0.05) is 84.9 Å². The predicted molar refractivity (Wildman–Crippen MR) is 238 cm³/mol. The largest absolute Gasteiger partial charge is 0.192 e. The van der Waals surface area contributed by atoms with Crippen LogP contribution in [0.15, 0.2) is 152 Å². The van der Waals surface area contributed by atoms with Gasteiger partial charge in [0.2, 0.25) is 0 Å². The molecule has 0 fully saturated rings. The lowest BCUT2D eigenvalue weighted by atomic mass is 9.84. The van der Waals surface area contributed by atoms with Crippen LogP contribution in [0.2, 0.25) is 0 Å². The molecule has 0 aromatic heterocycles. The van der Waals surface area contributed by atoms with Gasteiger partial charge >= 0.3 is 0 Å². The molecule has 0 bridgehead atoms. The Morgan fingerprint density at radius 2 is 0.828 bits per heavy atom. The Hall–Kier alpha value is -8.03. The van der Waals surface area contributed by atoms with Crippen LogP contribution in [0.25, 0.3) is 109 Å². The maximum Gasteiger partial charge on any atom is 0.0991 e. The zero-order chi connectivity index (χ0) is 39.2. The molecule has 0 unspecified atom stereocenters. The molecule has 0 saturated heterocycles. The third-order valence-corrected chi connectivity index (χ3v) is 12.3. The Morgan fingerprint density at radius 3 is 1.50 bits per heavy atom. The van der Waals surface area contributed by atoms with E-state index in [1.54, 1.807) is 0 Å². The summed E-state index contributed by atoms with van der Waals surface area (Å²) in [7, 11) is 0. The molecule has 0 heterocycles. The van der Waals surface area contributed by atoms with Crippen molar-refractivity contribution >= 4 is 53.9 Å². The first-order chi connectivity index (χ1) is 28.4. The summed E-state index contributed by atoms with van der Waals surface area (Å²) in [6.07, 6.45) is 0. The van der Waals surface area contributed by atoms with Gasteiger partial charge in [0.05, 0.1) is 34.9 Å². The van der Waals surface area contributed by atoms with E-state index in [9.17, 15) is 15.8 Å². The first-order valence-electron chi connectivity index (χ1n) is 19.4. The maximum absolute atomic E-state index is 10.0. The molecule has 0 radical (unpaired) electrons. The van der Waals surface area contributed by atoms with Crippen molar-refractivity contribution in [2.75, 3.05) is 0 Å². The van der Waals surface area contributed by atoms with Crippen molar-refractivity contribution in [1.82, 2.24) is 0 Å². The fourth-order valence-electron chi connectivity index (χ4n) is 9.59. The highest BCUT2D eigenvalue weighted by atomic mass is 14.3. The molecule has 0 atom stereocenters. The smallest absolute Gasteiger partial charge is 0.0991 e. The third-order valence-electron chi connectivity index (χ3n) is 12.3. The molecule has 0 spiro atoms. The van der Waals surface area contributed by atoms with Crippen molar-refractivity contribution < 1.29 is 0 Å².